The summed E-state index contributed by atoms with van der Waals surface area (Å²) in [6.45, 7) is 1.01. The topological polar surface area (TPSA) is 84.9 Å². The maximum atomic E-state index is 13.1. The van der Waals surface area contributed by atoms with Gasteiger partial charge in [0.15, 0.2) is 0 Å². The zero-order valence-corrected chi connectivity index (χ0v) is 19.8. The molecule has 8 heteroatoms. The molecule has 3 aromatic carbocycles. The molecule has 1 aliphatic heterocycles. The minimum absolute atomic E-state index is 0.151. The molecule has 1 amide bonds. The summed E-state index contributed by atoms with van der Waals surface area (Å²) in [6.07, 6.45) is 1.26. The molecule has 0 saturated carbocycles. The van der Waals surface area contributed by atoms with Crippen LogP contribution in [0.4, 0.5) is 5.69 Å². The second-order valence-corrected chi connectivity index (χ2v) is 10.1. The smallest absolute Gasteiger partial charge is 0.243 e. The minimum atomic E-state index is -3.68. The lowest BCUT2D eigenvalue weighted by molar-refractivity contribution is -0.120. The van der Waals surface area contributed by atoms with Gasteiger partial charge in [-0.1, -0.05) is 30.3 Å². The molecule has 3 aromatic rings. The van der Waals surface area contributed by atoms with Crippen molar-refractivity contribution in [3.05, 3.63) is 84.4 Å². The van der Waals surface area contributed by atoms with Crippen molar-refractivity contribution in [2.45, 2.75) is 24.3 Å². The number of hydrogen-bond donors (Lipinski definition) is 1. The third-order valence-electron chi connectivity index (χ3n) is 5.82. The van der Waals surface area contributed by atoms with Gasteiger partial charge in [-0.2, -0.15) is 4.31 Å². The van der Waals surface area contributed by atoms with Crippen molar-refractivity contribution in [3.63, 3.8) is 0 Å². The number of piperidine rings is 1. The van der Waals surface area contributed by atoms with Crippen LogP contribution >= 0.6 is 0 Å². The first-order valence-corrected chi connectivity index (χ1v) is 12.6. The van der Waals surface area contributed by atoms with E-state index in [9.17, 15) is 13.2 Å². The second-order valence-electron chi connectivity index (χ2n) is 8.17. The van der Waals surface area contributed by atoms with Crippen molar-refractivity contribution in [3.8, 4) is 11.5 Å². The van der Waals surface area contributed by atoms with Crippen LogP contribution in [0.5, 0.6) is 11.5 Å². The highest BCUT2D eigenvalue weighted by atomic mass is 32.2. The molecule has 1 fully saturated rings. The van der Waals surface area contributed by atoms with Gasteiger partial charge >= 0.3 is 0 Å². The number of rotatable bonds is 8. The molecule has 178 valence electrons. The number of nitrogens with one attached hydrogen (secondary N) is 1. The fraction of sp³-hybridized carbons (Fsp3) is 0.269. The van der Waals surface area contributed by atoms with Crippen LogP contribution in [0.25, 0.3) is 0 Å². The van der Waals surface area contributed by atoms with Crippen LogP contribution in [0.3, 0.4) is 0 Å². The number of ether oxygens (including phenoxy) is 2. The molecule has 0 aromatic heterocycles. The van der Waals surface area contributed by atoms with E-state index in [1.165, 1.54) is 23.5 Å². The van der Waals surface area contributed by atoms with Gasteiger partial charge in [-0.25, -0.2) is 8.42 Å². The van der Waals surface area contributed by atoms with Crippen LogP contribution in [0.2, 0.25) is 0 Å². The molecule has 1 N–H and O–H groups in total. The van der Waals surface area contributed by atoms with Gasteiger partial charge in [-0.15, -0.1) is 0 Å². The average molecular weight is 481 g/mol. The van der Waals surface area contributed by atoms with Crippen LogP contribution in [-0.4, -0.2) is 38.8 Å². The number of carbonyl (C=O) groups excluding carboxylic acids is 1. The van der Waals surface area contributed by atoms with Gasteiger partial charge in [0.2, 0.25) is 15.9 Å². The lowest BCUT2D eigenvalue weighted by atomic mass is 9.99. The number of sulfonamides is 1. The molecule has 7 nitrogen and oxygen atoms in total. The van der Waals surface area contributed by atoms with Crippen LogP contribution in [0.1, 0.15) is 18.4 Å². The van der Waals surface area contributed by atoms with Crippen molar-refractivity contribution in [2.75, 3.05) is 25.5 Å². The van der Waals surface area contributed by atoms with E-state index in [2.05, 4.69) is 5.32 Å². The Hall–Kier alpha value is -3.36. The second kappa shape index (κ2) is 10.7. The summed E-state index contributed by atoms with van der Waals surface area (Å²) < 4.78 is 38.4. The largest absolute Gasteiger partial charge is 0.497 e. The fourth-order valence-electron chi connectivity index (χ4n) is 3.89. The third kappa shape index (κ3) is 5.76. The number of methoxy groups -OCH3 is 1. The maximum Gasteiger partial charge on any atom is 0.243 e. The Morgan fingerprint density at radius 1 is 0.971 bits per heavy atom. The Balaban J connectivity index is 1.34. The van der Waals surface area contributed by atoms with Crippen LogP contribution in [0, 0.1) is 5.92 Å². The van der Waals surface area contributed by atoms with Gasteiger partial charge in [-0.05, 0) is 66.9 Å². The van der Waals surface area contributed by atoms with E-state index in [0.29, 0.717) is 43.2 Å². The molecule has 1 saturated heterocycles. The quantitative estimate of drug-likeness (QED) is 0.519. The highest BCUT2D eigenvalue weighted by Gasteiger charge is 2.33. The average Bonchev–Trinajstić information content (AvgIpc) is 2.89. The minimum Gasteiger partial charge on any atom is -0.497 e. The predicted octanol–water partition coefficient (Wildman–Crippen LogP) is 4.31. The highest BCUT2D eigenvalue weighted by molar-refractivity contribution is 7.89. The number of hydrogen-bond acceptors (Lipinski definition) is 5. The summed E-state index contributed by atoms with van der Waals surface area (Å²) in [5.41, 5.74) is 1.72. The number of nitrogens with zero attached hydrogens (tertiary/aromatic N) is 1. The third-order valence-corrected chi connectivity index (χ3v) is 7.70. The Kier molecular flexibility index (Phi) is 7.49. The summed E-state index contributed by atoms with van der Waals surface area (Å²) in [5, 5.41) is 2.91. The fourth-order valence-corrected chi connectivity index (χ4v) is 5.42. The summed E-state index contributed by atoms with van der Waals surface area (Å²) in [7, 11) is -2.15. The molecule has 0 unspecified atom stereocenters. The van der Waals surface area contributed by atoms with E-state index in [1.807, 2.05) is 30.3 Å². The summed E-state index contributed by atoms with van der Waals surface area (Å²) in [6, 6.07) is 23.4. The molecular formula is C26H28N2O5S. The normalized spacial score (nSPS) is 16.6. The molecular weight excluding hydrogens is 452 g/mol. The number of carbonyl (C=O) groups is 1. The molecule has 1 atom stereocenters. The van der Waals surface area contributed by atoms with E-state index >= 15 is 0 Å². The monoisotopic (exact) mass is 480 g/mol. The number of benzene rings is 3. The Morgan fingerprint density at radius 3 is 2.32 bits per heavy atom. The van der Waals surface area contributed by atoms with Gasteiger partial charge < -0.3 is 14.8 Å². The molecule has 0 spiro atoms. The van der Waals surface area contributed by atoms with Gasteiger partial charge in [-0.3, -0.25) is 4.79 Å². The molecule has 4 rings (SSSR count). The van der Waals surface area contributed by atoms with E-state index in [-0.39, 0.29) is 17.3 Å². The van der Waals surface area contributed by atoms with Gasteiger partial charge in [0.25, 0.3) is 0 Å². The summed E-state index contributed by atoms with van der Waals surface area (Å²) in [4.78, 5) is 13.1. The van der Waals surface area contributed by atoms with Crippen molar-refractivity contribution >= 4 is 21.6 Å². The highest BCUT2D eigenvalue weighted by Crippen LogP contribution is 2.26. The lowest BCUT2D eigenvalue weighted by Gasteiger charge is -2.31. The molecule has 0 aliphatic carbocycles. The molecule has 0 radical (unpaired) electrons. The Labute approximate surface area is 200 Å². The maximum absolute atomic E-state index is 13.1. The first-order chi connectivity index (χ1) is 16.5. The zero-order valence-electron chi connectivity index (χ0n) is 19.0. The molecule has 1 aliphatic rings. The van der Waals surface area contributed by atoms with E-state index in [1.54, 1.807) is 36.4 Å². The zero-order chi connectivity index (χ0) is 24.0. The SMILES string of the molecule is COc1ccc(S(=O)(=O)N2CCC[C@H](C(=O)Nc3ccc(OCc4ccccc4)cc3)C2)cc1. The van der Waals surface area contributed by atoms with Crippen LogP contribution < -0.4 is 14.8 Å². The Morgan fingerprint density at radius 2 is 1.65 bits per heavy atom. The van der Waals surface area contributed by atoms with Crippen molar-refractivity contribution < 1.29 is 22.7 Å². The summed E-state index contributed by atoms with van der Waals surface area (Å²) in [5.74, 6) is 0.686. The number of amides is 1. The first-order valence-electron chi connectivity index (χ1n) is 11.2. The number of anilines is 1. The molecule has 0 bridgehead atoms. The molecule has 1 heterocycles. The lowest BCUT2D eigenvalue weighted by Crippen LogP contribution is -2.43. The van der Waals surface area contributed by atoms with Crippen molar-refractivity contribution in [1.82, 2.24) is 4.31 Å². The van der Waals surface area contributed by atoms with Gasteiger partial charge in [0.1, 0.15) is 18.1 Å². The first kappa shape index (κ1) is 23.8. The van der Waals surface area contributed by atoms with Crippen LogP contribution in [-0.2, 0) is 21.4 Å². The van der Waals surface area contributed by atoms with E-state index in [4.69, 9.17) is 9.47 Å². The van der Waals surface area contributed by atoms with Crippen molar-refractivity contribution in [2.24, 2.45) is 5.92 Å². The van der Waals surface area contributed by atoms with Gasteiger partial charge in [0.05, 0.1) is 17.9 Å². The Bertz CT molecular complexity index is 1200. The molecule has 34 heavy (non-hydrogen) atoms. The van der Waals surface area contributed by atoms with Crippen LogP contribution in [0.15, 0.2) is 83.8 Å². The standard InChI is InChI=1S/C26H28N2O5S/c1-32-23-13-15-25(16-14-23)34(30,31)28-17-5-8-21(18-28)26(29)27-22-9-11-24(12-10-22)33-19-20-6-3-2-4-7-20/h2-4,6-7,9-16,21H,5,8,17-19H2,1H3,(H,27,29)/t21-/m0/s1. The van der Waals surface area contributed by atoms with E-state index < -0.39 is 15.9 Å². The van der Waals surface area contributed by atoms with E-state index in [0.717, 1.165) is 5.56 Å². The van der Waals surface area contributed by atoms with Gasteiger partial charge in [0, 0.05) is 18.8 Å². The summed E-state index contributed by atoms with van der Waals surface area (Å²) >= 11 is 0. The van der Waals surface area contributed by atoms with Crippen molar-refractivity contribution in [1.29, 1.82) is 0 Å². The predicted molar refractivity (Wildman–Crippen MR) is 130 cm³/mol.